The van der Waals surface area contributed by atoms with Crippen molar-refractivity contribution >= 4 is 18.5 Å². The molecule has 18 heavy (non-hydrogen) atoms. The molecule has 2 rings (SSSR count). The Balaban J connectivity index is 2.85. The van der Waals surface area contributed by atoms with Crippen LogP contribution in [0, 0.1) is 11.7 Å². The second-order valence-corrected chi connectivity index (χ2v) is 4.18. The lowest BCUT2D eigenvalue weighted by atomic mass is 10.2. The zero-order valence-corrected chi connectivity index (χ0v) is 10.5. The number of nitrogens with two attached hydrogens (primary N) is 1. The van der Waals surface area contributed by atoms with E-state index in [4.69, 9.17) is 18.1 Å². The summed E-state index contributed by atoms with van der Waals surface area (Å²) in [5.74, 6) is 5.57. The first kappa shape index (κ1) is 12.3. The van der Waals surface area contributed by atoms with E-state index in [0.29, 0.717) is 6.29 Å². The smallest absolute Gasteiger partial charge is 0.283 e. The standard InChI is InChI=1S/C12H11N3O2S/c1-8-4-2-3-5-10(8)14-6-9(7-16)11(17)15(13)12(14)18/h2-7H,13H2,1H3. The van der Waals surface area contributed by atoms with Gasteiger partial charge in [-0.25, -0.2) is 0 Å². The third kappa shape index (κ3) is 1.86. The summed E-state index contributed by atoms with van der Waals surface area (Å²) in [4.78, 5) is 22.5. The van der Waals surface area contributed by atoms with Crippen LogP contribution in [-0.2, 0) is 0 Å². The number of carbonyl (C=O) groups excluding carboxylic acids is 1. The quantitative estimate of drug-likeness (QED) is 0.501. The van der Waals surface area contributed by atoms with E-state index in [2.05, 4.69) is 0 Å². The number of para-hydroxylation sites is 1. The monoisotopic (exact) mass is 261 g/mol. The molecule has 2 aromatic rings. The highest BCUT2D eigenvalue weighted by molar-refractivity contribution is 7.71. The van der Waals surface area contributed by atoms with E-state index in [1.165, 1.54) is 6.20 Å². The molecule has 0 saturated carbocycles. The first-order chi connectivity index (χ1) is 8.56. The van der Waals surface area contributed by atoms with Gasteiger partial charge in [0.1, 0.15) is 0 Å². The van der Waals surface area contributed by atoms with Gasteiger partial charge in [-0.05, 0) is 30.8 Å². The van der Waals surface area contributed by atoms with Gasteiger partial charge < -0.3 is 5.84 Å². The van der Waals surface area contributed by atoms with E-state index in [1.54, 1.807) is 4.57 Å². The van der Waals surface area contributed by atoms with Crippen molar-refractivity contribution in [2.24, 2.45) is 0 Å². The lowest BCUT2D eigenvalue weighted by Crippen LogP contribution is -2.33. The summed E-state index contributed by atoms with van der Waals surface area (Å²) >= 11 is 5.11. The number of hydrogen-bond donors (Lipinski definition) is 1. The molecule has 1 heterocycles. The summed E-state index contributed by atoms with van der Waals surface area (Å²) in [6.07, 6.45) is 1.87. The van der Waals surface area contributed by atoms with Gasteiger partial charge in [-0.3, -0.25) is 14.2 Å². The Kier molecular flexibility index (Phi) is 3.12. The van der Waals surface area contributed by atoms with Gasteiger partial charge in [0.25, 0.3) is 5.56 Å². The number of aromatic nitrogens is 2. The molecule has 0 amide bonds. The summed E-state index contributed by atoms with van der Waals surface area (Å²) < 4.78 is 2.49. The number of nitrogen functional groups attached to an aromatic ring is 1. The number of benzene rings is 1. The van der Waals surface area contributed by atoms with Gasteiger partial charge in [-0.15, -0.1) is 0 Å². The molecule has 0 bridgehead atoms. The molecular weight excluding hydrogens is 250 g/mol. The van der Waals surface area contributed by atoms with Crippen molar-refractivity contribution in [2.75, 3.05) is 5.84 Å². The molecule has 5 nitrogen and oxygen atoms in total. The van der Waals surface area contributed by atoms with Crippen molar-refractivity contribution in [1.29, 1.82) is 0 Å². The van der Waals surface area contributed by atoms with Crippen LogP contribution in [0.2, 0.25) is 0 Å². The van der Waals surface area contributed by atoms with Crippen LogP contribution >= 0.6 is 12.2 Å². The number of nitrogens with zero attached hydrogens (tertiary/aromatic N) is 2. The molecule has 0 unspecified atom stereocenters. The normalized spacial score (nSPS) is 10.3. The Hall–Kier alpha value is -2.21. The van der Waals surface area contributed by atoms with Crippen molar-refractivity contribution in [3.05, 3.63) is 56.7 Å². The van der Waals surface area contributed by atoms with Gasteiger partial charge in [0, 0.05) is 6.20 Å². The maximum atomic E-state index is 11.6. The van der Waals surface area contributed by atoms with E-state index in [0.717, 1.165) is 15.9 Å². The number of carbonyl (C=O) groups is 1. The maximum absolute atomic E-state index is 11.6. The largest absolute Gasteiger partial charge is 0.334 e. The predicted octanol–water partition coefficient (Wildman–Crippen LogP) is 1.20. The molecule has 0 radical (unpaired) electrons. The number of aryl methyl sites for hydroxylation is 1. The minimum Gasteiger partial charge on any atom is -0.334 e. The van der Waals surface area contributed by atoms with Gasteiger partial charge in [0.2, 0.25) is 4.77 Å². The van der Waals surface area contributed by atoms with E-state index >= 15 is 0 Å². The lowest BCUT2D eigenvalue weighted by Gasteiger charge is -2.12. The molecule has 0 atom stereocenters. The van der Waals surface area contributed by atoms with Crippen LogP contribution in [0.5, 0.6) is 0 Å². The van der Waals surface area contributed by atoms with Gasteiger partial charge in [-0.2, -0.15) is 4.68 Å². The number of hydrogen-bond acceptors (Lipinski definition) is 4. The summed E-state index contributed by atoms with van der Waals surface area (Å²) in [5, 5.41) is 0. The molecule has 0 saturated heterocycles. The van der Waals surface area contributed by atoms with Crippen LogP contribution in [0.1, 0.15) is 15.9 Å². The number of rotatable bonds is 2. The Labute approximate surface area is 108 Å². The first-order valence-corrected chi connectivity index (χ1v) is 5.62. The van der Waals surface area contributed by atoms with E-state index in [1.807, 2.05) is 31.2 Å². The van der Waals surface area contributed by atoms with Crippen molar-refractivity contribution in [2.45, 2.75) is 6.92 Å². The van der Waals surface area contributed by atoms with Gasteiger partial charge in [-0.1, -0.05) is 18.2 Å². The third-order valence-electron chi connectivity index (χ3n) is 2.65. The van der Waals surface area contributed by atoms with Gasteiger partial charge >= 0.3 is 0 Å². The topological polar surface area (TPSA) is 70.0 Å². The van der Waals surface area contributed by atoms with Gasteiger partial charge in [0.15, 0.2) is 6.29 Å². The van der Waals surface area contributed by atoms with Crippen LogP contribution in [0.15, 0.2) is 35.3 Å². The van der Waals surface area contributed by atoms with E-state index in [9.17, 15) is 9.59 Å². The molecule has 1 aromatic heterocycles. The molecule has 0 aliphatic carbocycles. The summed E-state index contributed by atoms with van der Waals surface area (Å²) in [7, 11) is 0. The zero-order valence-electron chi connectivity index (χ0n) is 9.66. The molecule has 0 fully saturated rings. The van der Waals surface area contributed by atoms with Crippen LogP contribution in [0.4, 0.5) is 0 Å². The lowest BCUT2D eigenvalue weighted by molar-refractivity contribution is 0.112. The molecule has 0 spiro atoms. The predicted molar refractivity (Wildman–Crippen MR) is 71.1 cm³/mol. The Morgan fingerprint density at radius 2 is 2.00 bits per heavy atom. The molecular formula is C12H11N3O2S. The highest BCUT2D eigenvalue weighted by Gasteiger charge is 2.08. The maximum Gasteiger partial charge on any atom is 0.283 e. The van der Waals surface area contributed by atoms with Crippen molar-refractivity contribution in [3.63, 3.8) is 0 Å². The SMILES string of the molecule is Cc1ccccc1-n1cc(C=O)c(=O)n(N)c1=S. The molecule has 0 aliphatic heterocycles. The van der Waals surface area contributed by atoms with Crippen LogP contribution in [0.25, 0.3) is 5.69 Å². The molecule has 2 N–H and O–H groups in total. The van der Waals surface area contributed by atoms with E-state index in [-0.39, 0.29) is 10.3 Å². The summed E-state index contributed by atoms with van der Waals surface area (Å²) in [5.41, 5.74) is 1.11. The minimum absolute atomic E-state index is 0.0330. The molecule has 0 aliphatic rings. The van der Waals surface area contributed by atoms with Crippen LogP contribution < -0.4 is 11.4 Å². The first-order valence-electron chi connectivity index (χ1n) is 5.21. The average Bonchev–Trinajstić information content (AvgIpc) is 2.38. The Morgan fingerprint density at radius 3 is 2.61 bits per heavy atom. The fourth-order valence-corrected chi connectivity index (χ4v) is 1.91. The fourth-order valence-electron chi connectivity index (χ4n) is 1.68. The second-order valence-electron chi connectivity index (χ2n) is 3.82. The summed E-state index contributed by atoms with van der Waals surface area (Å²) in [6, 6.07) is 7.48. The second kappa shape index (κ2) is 4.58. The molecule has 1 aromatic carbocycles. The average molecular weight is 261 g/mol. The Bertz CT molecular complexity index is 731. The van der Waals surface area contributed by atoms with Crippen LogP contribution in [0.3, 0.4) is 0 Å². The molecule has 6 heteroatoms. The third-order valence-corrected chi connectivity index (χ3v) is 3.04. The highest BCUT2D eigenvalue weighted by atomic mass is 32.1. The van der Waals surface area contributed by atoms with Crippen LogP contribution in [-0.4, -0.2) is 15.5 Å². The Morgan fingerprint density at radius 1 is 1.33 bits per heavy atom. The van der Waals surface area contributed by atoms with Crippen molar-refractivity contribution in [3.8, 4) is 5.69 Å². The summed E-state index contributed by atoms with van der Waals surface area (Å²) in [6.45, 7) is 1.91. The van der Waals surface area contributed by atoms with Crippen molar-refractivity contribution in [1.82, 2.24) is 9.24 Å². The van der Waals surface area contributed by atoms with Gasteiger partial charge in [0.05, 0.1) is 11.3 Å². The highest BCUT2D eigenvalue weighted by Crippen LogP contribution is 2.13. The number of aldehydes is 1. The zero-order chi connectivity index (χ0) is 13.3. The minimum atomic E-state index is -0.597. The fraction of sp³-hybridized carbons (Fsp3) is 0.0833. The van der Waals surface area contributed by atoms with Crippen molar-refractivity contribution < 1.29 is 4.79 Å². The van der Waals surface area contributed by atoms with E-state index < -0.39 is 5.56 Å². The molecule has 92 valence electrons.